The maximum Gasteiger partial charge on any atom is 0.338 e. The predicted octanol–water partition coefficient (Wildman–Crippen LogP) is 0.290. The number of hydrogen-bond donors (Lipinski definition) is 2. The zero-order valence-electron chi connectivity index (χ0n) is 13.8. The number of carbonyl (C=O) groups excluding carboxylic acids is 1. The van der Waals surface area contributed by atoms with Crippen molar-refractivity contribution in [2.45, 2.75) is 19.2 Å². The van der Waals surface area contributed by atoms with Crippen LogP contribution in [0.15, 0.2) is 52.2 Å². The van der Waals surface area contributed by atoms with E-state index < -0.39 is 36.2 Å². The molecule has 2 aromatic rings. The van der Waals surface area contributed by atoms with E-state index in [2.05, 4.69) is 4.98 Å². The van der Waals surface area contributed by atoms with Crippen LogP contribution in [0.1, 0.15) is 24.9 Å². The van der Waals surface area contributed by atoms with Crippen molar-refractivity contribution in [2.24, 2.45) is 0 Å². The lowest BCUT2D eigenvalue weighted by atomic mass is 10.2. The van der Waals surface area contributed by atoms with Crippen molar-refractivity contribution in [3.8, 4) is 0 Å². The van der Waals surface area contributed by atoms with Gasteiger partial charge in [0.1, 0.15) is 6.61 Å². The Morgan fingerprint density at radius 2 is 2.08 bits per heavy atom. The largest absolute Gasteiger partial charge is 0.457 e. The standard InChI is InChI=1S/C16H18N2O6/c1-11(9-19)24-14(18-8-7-13(20)17-16(18)22)10-23-15(21)12-5-3-2-4-6-12/h2-8,11,14,19H,9-10H2,1H3,(H,17,20,22)/t11-,14-/m1/s1/i1D. The summed E-state index contributed by atoms with van der Waals surface area (Å²) < 4.78 is 19.0. The van der Waals surface area contributed by atoms with Gasteiger partial charge in [0.05, 0.1) is 18.3 Å². The van der Waals surface area contributed by atoms with Gasteiger partial charge in [-0.3, -0.25) is 14.3 Å². The third kappa shape index (κ3) is 4.64. The van der Waals surface area contributed by atoms with Crippen LogP contribution in [0.25, 0.3) is 0 Å². The number of esters is 1. The van der Waals surface area contributed by atoms with E-state index in [1.165, 1.54) is 6.20 Å². The number of rotatable bonds is 7. The third-order valence-electron chi connectivity index (χ3n) is 3.08. The highest BCUT2D eigenvalue weighted by molar-refractivity contribution is 5.89. The van der Waals surface area contributed by atoms with Gasteiger partial charge in [-0.1, -0.05) is 18.2 Å². The number of nitrogens with zero attached hydrogens (tertiary/aromatic N) is 1. The molecule has 0 aliphatic heterocycles. The van der Waals surface area contributed by atoms with Gasteiger partial charge in [0.25, 0.3) is 5.56 Å². The van der Waals surface area contributed by atoms with Crippen LogP contribution >= 0.6 is 0 Å². The van der Waals surface area contributed by atoms with E-state index in [0.29, 0.717) is 5.56 Å². The molecule has 2 atom stereocenters. The lowest BCUT2D eigenvalue weighted by Gasteiger charge is -2.22. The zero-order valence-corrected chi connectivity index (χ0v) is 12.8. The lowest BCUT2D eigenvalue weighted by molar-refractivity contribution is -0.0945. The number of carbonyl (C=O) groups is 1. The van der Waals surface area contributed by atoms with Gasteiger partial charge in [0.2, 0.25) is 0 Å². The molecule has 2 rings (SSSR count). The molecule has 0 fully saturated rings. The molecular weight excluding hydrogens is 316 g/mol. The summed E-state index contributed by atoms with van der Waals surface area (Å²) in [7, 11) is 0. The third-order valence-corrected chi connectivity index (χ3v) is 3.08. The highest BCUT2D eigenvalue weighted by Gasteiger charge is 2.19. The van der Waals surface area contributed by atoms with E-state index in [4.69, 9.17) is 10.8 Å². The minimum Gasteiger partial charge on any atom is -0.457 e. The first-order chi connectivity index (χ1) is 12.0. The van der Waals surface area contributed by atoms with Crippen LogP contribution in [0.3, 0.4) is 0 Å². The summed E-state index contributed by atoms with van der Waals surface area (Å²) in [6.45, 7) is -1.03. The molecule has 0 bridgehead atoms. The van der Waals surface area contributed by atoms with Gasteiger partial charge in [-0.05, 0) is 19.0 Å². The van der Waals surface area contributed by atoms with Crippen molar-refractivity contribution < 1.29 is 20.7 Å². The van der Waals surface area contributed by atoms with E-state index in [9.17, 15) is 19.5 Å². The Bertz CT molecular complexity index is 800. The van der Waals surface area contributed by atoms with E-state index >= 15 is 0 Å². The molecule has 0 radical (unpaired) electrons. The Morgan fingerprint density at radius 3 is 2.71 bits per heavy atom. The minimum absolute atomic E-state index is 0.252. The molecule has 0 unspecified atom stereocenters. The van der Waals surface area contributed by atoms with Crippen LogP contribution in [-0.4, -0.2) is 39.9 Å². The van der Waals surface area contributed by atoms with Gasteiger partial charge in [-0.25, -0.2) is 9.59 Å². The van der Waals surface area contributed by atoms with Crippen LogP contribution in [0, 0.1) is 0 Å². The van der Waals surface area contributed by atoms with Crippen molar-refractivity contribution in [3.63, 3.8) is 0 Å². The maximum absolute atomic E-state index is 12.0. The number of aromatic amines is 1. The molecular formula is C16H18N2O6. The van der Waals surface area contributed by atoms with Crippen molar-refractivity contribution in [3.05, 3.63) is 69.0 Å². The molecule has 0 saturated carbocycles. The van der Waals surface area contributed by atoms with Gasteiger partial charge >= 0.3 is 11.7 Å². The van der Waals surface area contributed by atoms with Gasteiger partial charge in [0, 0.05) is 13.6 Å². The molecule has 0 aliphatic rings. The number of aromatic nitrogens is 2. The maximum atomic E-state index is 12.0. The number of nitrogens with one attached hydrogen (secondary N) is 1. The number of benzene rings is 1. The fourth-order valence-corrected chi connectivity index (χ4v) is 1.91. The van der Waals surface area contributed by atoms with Crippen molar-refractivity contribution in [1.29, 1.82) is 0 Å². The monoisotopic (exact) mass is 335 g/mol. The molecule has 8 nitrogen and oxygen atoms in total. The lowest BCUT2D eigenvalue weighted by Crippen LogP contribution is -2.36. The van der Waals surface area contributed by atoms with Gasteiger partial charge < -0.3 is 14.6 Å². The first-order valence-electron chi connectivity index (χ1n) is 7.85. The average molecular weight is 335 g/mol. The highest BCUT2D eigenvalue weighted by atomic mass is 16.6. The fraction of sp³-hybridized carbons (Fsp3) is 0.312. The van der Waals surface area contributed by atoms with Gasteiger partial charge in [-0.15, -0.1) is 0 Å². The molecule has 1 heterocycles. The van der Waals surface area contributed by atoms with Crippen molar-refractivity contribution >= 4 is 5.97 Å². The zero-order chi connectivity index (χ0) is 18.2. The Hall–Kier alpha value is -2.71. The molecule has 8 heteroatoms. The summed E-state index contributed by atoms with van der Waals surface area (Å²) in [6, 6.07) is 9.38. The predicted molar refractivity (Wildman–Crippen MR) is 84.7 cm³/mol. The minimum atomic E-state index is -1.10. The van der Waals surface area contributed by atoms with Crippen molar-refractivity contribution in [2.75, 3.05) is 13.2 Å². The van der Waals surface area contributed by atoms with Crippen LogP contribution < -0.4 is 11.2 Å². The molecule has 2 N–H and O–H groups in total. The summed E-state index contributed by atoms with van der Waals surface area (Å²) in [5.74, 6) is -0.613. The molecule has 1 aromatic carbocycles. The van der Waals surface area contributed by atoms with Crippen LogP contribution in [0.4, 0.5) is 0 Å². The number of H-pyrrole nitrogens is 1. The number of hydrogen-bond acceptors (Lipinski definition) is 6. The van der Waals surface area contributed by atoms with Crippen LogP contribution in [0.2, 0.25) is 0 Å². The molecule has 0 amide bonds. The number of aliphatic hydroxyl groups excluding tert-OH is 1. The summed E-state index contributed by atoms with van der Waals surface area (Å²) in [6.07, 6.45) is -0.778. The first-order valence-corrected chi connectivity index (χ1v) is 7.14. The Balaban J connectivity index is 2.18. The molecule has 0 aliphatic carbocycles. The number of aliphatic hydroxyl groups is 1. The Labute approximate surface area is 138 Å². The van der Waals surface area contributed by atoms with Gasteiger partial charge in [0.15, 0.2) is 6.23 Å². The van der Waals surface area contributed by atoms with E-state index in [1.54, 1.807) is 30.3 Å². The quantitative estimate of drug-likeness (QED) is 0.704. The molecule has 128 valence electrons. The second-order valence-electron chi connectivity index (χ2n) is 4.88. The van der Waals surface area contributed by atoms with Gasteiger partial charge in [-0.2, -0.15) is 0 Å². The smallest absolute Gasteiger partial charge is 0.338 e. The SMILES string of the molecule is [2H]C[C@H](CO)O[C@H](COC(=O)c1ccccc1)n1ccc(=O)[nH]c1=O. The summed E-state index contributed by atoms with van der Waals surface area (Å²) >= 11 is 0. The number of ether oxygens (including phenoxy) is 2. The summed E-state index contributed by atoms with van der Waals surface area (Å²) in [5.41, 5.74) is -1.01. The summed E-state index contributed by atoms with van der Waals surface area (Å²) in [4.78, 5) is 37.2. The molecule has 1 aromatic heterocycles. The van der Waals surface area contributed by atoms with E-state index in [-0.39, 0.29) is 13.5 Å². The fourth-order valence-electron chi connectivity index (χ4n) is 1.91. The Morgan fingerprint density at radius 1 is 1.33 bits per heavy atom. The Kier molecular flexibility index (Phi) is 5.54. The van der Waals surface area contributed by atoms with E-state index in [1.807, 2.05) is 0 Å². The molecule has 24 heavy (non-hydrogen) atoms. The second-order valence-corrected chi connectivity index (χ2v) is 4.88. The average Bonchev–Trinajstić information content (AvgIpc) is 2.63. The molecule has 0 saturated heterocycles. The highest BCUT2D eigenvalue weighted by Crippen LogP contribution is 2.11. The van der Waals surface area contributed by atoms with Crippen LogP contribution in [-0.2, 0) is 9.47 Å². The first kappa shape index (κ1) is 16.2. The van der Waals surface area contributed by atoms with Crippen LogP contribution in [0.5, 0.6) is 0 Å². The summed E-state index contributed by atoms with van der Waals surface area (Å²) in [5, 5.41) is 9.19. The van der Waals surface area contributed by atoms with E-state index in [0.717, 1.165) is 10.6 Å². The normalized spacial score (nSPS) is 13.8. The second kappa shape index (κ2) is 8.23. The molecule has 0 spiro atoms. The van der Waals surface area contributed by atoms with Crippen molar-refractivity contribution in [1.82, 2.24) is 9.55 Å². The topological polar surface area (TPSA) is 111 Å².